The second-order valence-corrected chi connectivity index (χ2v) is 3.86. The van der Waals surface area contributed by atoms with Crippen molar-refractivity contribution >= 4 is 11.6 Å². The maximum absolute atomic E-state index is 5.89. The Bertz CT molecular complexity index is 482. The van der Waals surface area contributed by atoms with Gasteiger partial charge in [0.25, 0.3) is 0 Å². The van der Waals surface area contributed by atoms with E-state index < -0.39 is 0 Å². The van der Waals surface area contributed by atoms with Gasteiger partial charge >= 0.3 is 0 Å². The molecule has 2 N–H and O–H groups in total. The molecule has 0 spiro atoms. The summed E-state index contributed by atoms with van der Waals surface area (Å²) in [6.07, 6.45) is 3.02. The predicted molar refractivity (Wildman–Crippen MR) is 62.9 cm³/mol. The molecular weight excluding hydrogens is 226 g/mol. The van der Waals surface area contributed by atoms with Gasteiger partial charge < -0.3 is 4.74 Å². The van der Waals surface area contributed by atoms with E-state index in [2.05, 4.69) is 5.10 Å². The Hall–Kier alpha value is -1.52. The zero-order chi connectivity index (χ0) is 11.5. The number of nitrogens with zero attached hydrogens (tertiary/aromatic N) is 2. The first-order valence-corrected chi connectivity index (χ1v) is 5.26. The highest BCUT2D eigenvalue weighted by atomic mass is 35.5. The number of nitrogens with two attached hydrogens (primary N) is 1. The third kappa shape index (κ3) is 2.53. The maximum Gasteiger partial charge on any atom is 0.160 e. The highest BCUT2D eigenvalue weighted by molar-refractivity contribution is 6.30. The standard InChI is InChI=1S/C11H12ClN3O/c1-8(13)16-11-6-14-15(7-11)10-4-2-3-9(12)5-10/h2-8H,13H2,1H3. The van der Waals surface area contributed by atoms with Crippen LogP contribution in [0.4, 0.5) is 0 Å². The summed E-state index contributed by atoms with van der Waals surface area (Å²) in [6, 6.07) is 7.41. The highest BCUT2D eigenvalue weighted by Crippen LogP contribution is 2.17. The number of hydrogen-bond donors (Lipinski definition) is 1. The van der Waals surface area contributed by atoms with Gasteiger partial charge in [-0.05, 0) is 25.1 Å². The fourth-order valence-electron chi connectivity index (χ4n) is 1.34. The minimum Gasteiger partial charge on any atom is -0.473 e. The molecule has 1 unspecified atom stereocenters. The highest BCUT2D eigenvalue weighted by Gasteiger charge is 2.03. The van der Waals surface area contributed by atoms with Crippen LogP contribution in [0, 0.1) is 0 Å². The molecule has 0 amide bonds. The van der Waals surface area contributed by atoms with Crippen molar-refractivity contribution in [3.63, 3.8) is 0 Å². The Morgan fingerprint density at radius 3 is 3.00 bits per heavy atom. The fourth-order valence-corrected chi connectivity index (χ4v) is 1.53. The van der Waals surface area contributed by atoms with E-state index in [1.165, 1.54) is 0 Å². The fraction of sp³-hybridized carbons (Fsp3) is 0.182. The molecule has 0 saturated carbocycles. The maximum atomic E-state index is 5.89. The van der Waals surface area contributed by atoms with Gasteiger partial charge in [-0.2, -0.15) is 5.10 Å². The van der Waals surface area contributed by atoms with Gasteiger partial charge in [0.1, 0.15) is 6.23 Å². The number of halogens is 1. The minimum atomic E-state index is -0.350. The number of ether oxygens (including phenoxy) is 1. The summed E-state index contributed by atoms with van der Waals surface area (Å²) in [5.41, 5.74) is 6.40. The Labute approximate surface area is 98.6 Å². The van der Waals surface area contributed by atoms with Crippen LogP contribution in [0.15, 0.2) is 36.7 Å². The van der Waals surface area contributed by atoms with E-state index in [4.69, 9.17) is 22.1 Å². The lowest BCUT2D eigenvalue weighted by atomic mass is 10.3. The van der Waals surface area contributed by atoms with Crippen molar-refractivity contribution in [3.05, 3.63) is 41.7 Å². The van der Waals surface area contributed by atoms with Crippen LogP contribution in [0.5, 0.6) is 5.75 Å². The van der Waals surface area contributed by atoms with Crippen molar-refractivity contribution in [2.75, 3.05) is 0 Å². The number of rotatable bonds is 3. The van der Waals surface area contributed by atoms with Crippen molar-refractivity contribution in [2.45, 2.75) is 13.2 Å². The Morgan fingerprint density at radius 1 is 1.50 bits per heavy atom. The van der Waals surface area contributed by atoms with Crippen molar-refractivity contribution in [2.24, 2.45) is 5.73 Å². The van der Waals surface area contributed by atoms with Crippen molar-refractivity contribution < 1.29 is 4.74 Å². The van der Waals surface area contributed by atoms with E-state index in [-0.39, 0.29) is 6.23 Å². The molecule has 1 aromatic heterocycles. The Balaban J connectivity index is 2.24. The van der Waals surface area contributed by atoms with Gasteiger partial charge in [0.2, 0.25) is 0 Å². The van der Waals surface area contributed by atoms with Gasteiger partial charge in [-0.1, -0.05) is 17.7 Å². The van der Waals surface area contributed by atoms with E-state index >= 15 is 0 Å². The lowest BCUT2D eigenvalue weighted by molar-refractivity contribution is 0.230. The molecule has 0 fully saturated rings. The molecule has 0 aliphatic rings. The summed E-state index contributed by atoms with van der Waals surface area (Å²) >= 11 is 5.89. The molecule has 0 bridgehead atoms. The Kier molecular flexibility index (Phi) is 3.12. The molecule has 2 aromatic rings. The smallest absolute Gasteiger partial charge is 0.160 e. The largest absolute Gasteiger partial charge is 0.473 e. The predicted octanol–water partition coefficient (Wildman–Crippen LogP) is 2.21. The molecule has 84 valence electrons. The molecule has 0 radical (unpaired) electrons. The van der Waals surface area contributed by atoms with Gasteiger partial charge in [-0.25, -0.2) is 4.68 Å². The monoisotopic (exact) mass is 237 g/mol. The van der Waals surface area contributed by atoms with Crippen molar-refractivity contribution in [1.29, 1.82) is 0 Å². The first-order chi connectivity index (χ1) is 7.65. The average molecular weight is 238 g/mol. The summed E-state index contributed by atoms with van der Waals surface area (Å²) in [6.45, 7) is 1.76. The average Bonchev–Trinajstić information content (AvgIpc) is 2.65. The minimum absolute atomic E-state index is 0.350. The molecular formula is C11H12ClN3O. The first-order valence-electron chi connectivity index (χ1n) is 4.88. The van der Waals surface area contributed by atoms with Gasteiger partial charge in [-0.15, -0.1) is 0 Å². The van der Waals surface area contributed by atoms with Crippen LogP contribution < -0.4 is 10.5 Å². The van der Waals surface area contributed by atoms with Crippen LogP contribution in [0.3, 0.4) is 0 Å². The molecule has 0 aliphatic carbocycles. The molecule has 0 saturated heterocycles. The molecule has 16 heavy (non-hydrogen) atoms. The second-order valence-electron chi connectivity index (χ2n) is 3.42. The summed E-state index contributed by atoms with van der Waals surface area (Å²) in [7, 11) is 0. The van der Waals surface area contributed by atoms with Gasteiger partial charge in [0.05, 0.1) is 18.1 Å². The molecule has 5 heteroatoms. The lowest BCUT2D eigenvalue weighted by Crippen LogP contribution is -2.22. The number of aromatic nitrogens is 2. The van der Waals surface area contributed by atoms with Crippen LogP contribution in [-0.2, 0) is 0 Å². The summed E-state index contributed by atoms with van der Waals surface area (Å²) < 4.78 is 6.99. The first kappa shape index (κ1) is 11.0. The third-order valence-corrected chi connectivity index (χ3v) is 2.19. The van der Waals surface area contributed by atoms with E-state index in [0.29, 0.717) is 10.8 Å². The molecule has 4 nitrogen and oxygen atoms in total. The van der Waals surface area contributed by atoms with Gasteiger partial charge in [-0.3, -0.25) is 5.73 Å². The van der Waals surface area contributed by atoms with Gasteiger partial charge in [0, 0.05) is 5.02 Å². The zero-order valence-corrected chi connectivity index (χ0v) is 9.56. The van der Waals surface area contributed by atoms with Crippen molar-refractivity contribution in [1.82, 2.24) is 9.78 Å². The SMILES string of the molecule is CC(N)Oc1cnn(-c2cccc(Cl)c2)c1. The van der Waals surface area contributed by atoms with Crippen LogP contribution in [0.1, 0.15) is 6.92 Å². The zero-order valence-electron chi connectivity index (χ0n) is 8.80. The van der Waals surface area contributed by atoms with E-state index in [1.807, 2.05) is 24.3 Å². The van der Waals surface area contributed by atoms with Crippen LogP contribution in [0.2, 0.25) is 5.02 Å². The summed E-state index contributed by atoms with van der Waals surface area (Å²) in [5, 5.41) is 4.83. The normalized spacial score (nSPS) is 12.4. The van der Waals surface area contributed by atoms with Crippen molar-refractivity contribution in [3.8, 4) is 11.4 Å². The molecule has 1 heterocycles. The van der Waals surface area contributed by atoms with E-state index in [0.717, 1.165) is 5.69 Å². The van der Waals surface area contributed by atoms with E-state index in [9.17, 15) is 0 Å². The molecule has 1 aromatic carbocycles. The van der Waals surface area contributed by atoms with Crippen LogP contribution in [-0.4, -0.2) is 16.0 Å². The van der Waals surface area contributed by atoms with E-state index in [1.54, 1.807) is 24.0 Å². The number of hydrogen-bond acceptors (Lipinski definition) is 3. The number of benzene rings is 1. The van der Waals surface area contributed by atoms with Crippen LogP contribution >= 0.6 is 11.6 Å². The summed E-state index contributed by atoms with van der Waals surface area (Å²) in [4.78, 5) is 0. The molecule has 1 atom stereocenters. The van der Waals surface area contributed by atoms with Crippen LogP contribution in [0.25, 0.3) is 5.69 Å². The molecule has 0 aliphatic heterocycles. The lowest BCUT2D eigenvalue weighted by Gasteiger charge is -2.05. The Morgan fingerprint density at radius 2 is 2.31 bits per heavy atom. The topological polar surface area (TPSA) is 53.1 Å². The third-order valence-electron chi connectivity index (χ3n) is 1.95. The molecule has 2 rings (SSSR count). The second kappa shape index (κ2) is 4.55. The summed E-state index contributed by atoms with van der Waals surface area (Å²) in [5.74, 6) is 0.634. The van der Waals surface area contributed by atoms with Gasteiger partial charge in [0.15, 0.2) is 5.75 Å². The quantitative estimate of drug-likeness (QED) is 0.833.